The van der Waals surface area contributed by atoms with Gasteiger partial charge in [-0.2, -0.15) is 0 Å². The number of benzene rings is 2. The first kappa shape index (κ1) is 18.9. The highest BCUT2D eigenvalue weighted by Gasteiger charge is 2.14. The molecule has 3 rings (SSSR count). The first-order valence-corrected chi connectivity index (χ1v) is 9.14. The first-order valence-electron chi connectivity index (χ1n) is 8.77. The highest BCUT2D eigenvalue weighted by atomic mass is 35.5. The van der Waals surface area contributed by atoms with Gasteiger partial charge >= 0.3 is 0 Å². The lowest BCUT2D eigenvalue weighted by Crippen LogP contribution is -2.25. The zero-order chi connectivity index (χ0) is 19.2. The van der Waals surface area contributed by atoms with Gasteiger partial charge in [0.1, 0.15) is 5.69 Å². The lowest BCUT2D eigenvalue weighted by Gasteiger charge is -2.21. The molecule has 0 saturated heterocycles. The summed E-state index contributed by atoms with van der Waals surface area (Å²) >= 11 is 6.12. The second kappa shape index (κ2) is 8.64. The van der Waals surface area contributed by atoms with Crippen molar-refractivity contribution in [1.82, 2.24) is 9.97 Å². The molecule has 0 aliphatic carbocycles. The monoisotopic (exact) mass is 380 g/mol. The molecule has 1 aromatic heterocycles. The Hall–Kier alpha value is -2.92. The minimum Gasteiger partial charge on any atom is -0.337 e. The van der Waals surface area contributed by atoms with Crippen LogP contribution in [0.25, 0.3) is 0 Å². The summed E-state index contributed by atoms with van der Waals surface area (Å²) in [5.74, 6) is 0.233. The third-order valence-electron chi connectivity index (χ3n) is 4.27. The molecular weight excluding hydrogens is 360 g/mol. The van der Waals surface area contributed by atoms with Gasteiger partial charge in [0, 0.05) is 30.0 Å². The Morgan fingerprint density at radius 2 is 1.89 bits per heavy atom. The number of rotatable bonds is 6. The average molecular weight is 381 g/mol. The van der Waals surface area contributed by atoms with Crippen LogP contribution in [0.3, 0.4) is 0 Å². The van der Waals surface area contributed by atoms with Crippen molar-refractivity contribution in [3.63, 3.8) is 0 Å². The summed E-state index contributed by atoms with van der Waals surface area (Å²) in [6.45, 7) is 5.31. The summed E-state index contributed by atoms with van der Waals surface area (Å²) in [7, 11) is 0. The lowest BCUT2D eigenvalue weighted by molar-refractivity contribution is 0.102. The summed E-state index contributed by atoms with van der Waals surface area (Å²) in [4.78, 5) is 23.5. The summed E-state index contributed by atoms with van der Waals surface area (Å²) in [6.07, 6.45) is 1.61. The highest BCUT2D eigenvalue weighted by molar-refractivity contribution is 6.31. The molecule has 6 heteroatoms. The number of amides is 1. The van der Waals surface area contributed by atoms with E-state index in [1.54, 1.807) is 24.4 Å². The van der Waals surface area contributed by atoms with E-state index in [9.17, 15) is 4.79 Å². The van der Waals surface area contributed by atoms with Gasteiger partial charge in [0.05, 0.1) is 0 Å². The maximum atomic E-state index is 12.6. The third-order valence-corrected chi connectivity index (χ3v) is 4.68. The Bertz CT molecular complexity index is 930. The summed E-state index contributed by atoms with van der Waals surface area (Å²) in [5.41, 5.74) is 2.96. The number of carbonyl (C=O) groups excluding carboxylic acids is 1. The highest BCUT2D eigenvalue weighted by Crippen LogP contribution is 2.23. The smallest absolute Gasteiger partial charge is 0.274 e. The van der Waals surface area contributed by atoms with E-state index in [2.05, 4.69) is 27.4 Å². The molecule has 0 bridgehead atoms. The summed E-state index contributed by atoms with van der Waals surface area (Å²) in [6, 6.07) is 17.1. The van der Waals surface area contributed by atoms with Crippen LogP contribution in [-0.2, 0) is 6.54 Å². The Morgan fingerprint density at radius 1 is 1.11 bits per heavy atom. The Labute approximate surface area is 164 Å². The van der Waals surface area contributed by atoms with E-state index in [0.717, 1.165) is 17.7 Å². The van der Waals surface area contributed by atoms with Crippen molar-refractivity contribution in [2.75, 3.05) is 16.8 Å². The van der Waals surface area contributed by atoms with Crippen molar-refractivity contribution in [2.45, 2.75) is 20.4 Å². The van der Waals surface area contributed by atoms with E-state index in [1.165, 1.54) is 0 Å². The van der Waals surface area contributed by atoms with Gasteiger partial charge in [-0.15, -0.1) is 0 Å². The van der Waals surface area contributed by atoms with Crippen LogP contribution in [0.2, 0.25) is 5.02 Å². The molecular formula is C21H21ClN4O. The third kappa shape index (κ3) is 4.63. The predicted molar refractivity (Wildman–Crippen MR) is 109 cm³/mol. The van der Waals surface area contributed by atoms with Crippen LogP contribution in [0.5, 0.6) is 0 Å². The molecule has 27 heavy (non-hydrogen) atoms. The molecule has 1 N–H and O–H groups in total. The van der Waals surface area contributed by atoms with Crippen molar-refractivity contribution in [1.29, 1.82) is 0 Å². The molecule has 0 unspecified atom stereocenters. The number of carbonyl (C=O) groups is 1. The fourth-order valence-corrected chi connectivity index (χ4v) is 2.86. The SMILES string of the molecule is CCN(Cc1ccccc1)c1nccc(C(=O)Nc2cccc(Cl)c2C)n1. The van der Waals surface area contributed by atoms with Crippen LogP contribution in [0.4, 0.5) is 11.6 Å². The van der Waals surface area contributed by atoms with Crippen LogP contribution < -0.4 is 10.2 Å². The maximum absolute atomic E-state index is 12.6. The molecule has 0 atom stereocenters. The largest absolute Gasteiger partial charge is 0.337 e. The van der Waals surface area contributed by atoms with Crippen LogP contribution in [0.15, 0.2) is 60.8 Å². The molecule has 0 aliphatic heterocycles. The molecule has 5 nitrogen and oxygen atoms in total. The van der Waals surface area contributed by atoms with Gasteiger partial charge in [-0.25, -0.2) is 9.97 Å². The number of hydrogen-bond acceptors (Lipinski definition) is 4. The fraction of sp³-hybridized carbons (Fsp3) is 0.190. The van der Waals surface area contributed by atoms with Gasteiger partial charge in [0.2, 0.25) is 5.95 Å². The predicted octanol–water partition coefficient (Wildman–Crippen LogP) is 4.72. The molecule has 0 aliphatic rings. The van der Waals surface area contributed by atoms with E-state index < -0.39 is 0 Å². The van der Waals surface area contributed by atoms with Crippen LogP contribution >= 0.6 is 11.6 Å². The second-order valence-electron chi connectivity index (χ2n) is 6.11. The number of nitrogens with zero attached hydrogens (tertiary/aromatic N) is 3. The van der Waals surface area contributed by atoms with Gasteiger partial charge in [0.25, 0.3) is 5.91 Å². The molecule has 138 valence electrons. The van der Waals surface area contributed by atoms with E-state index in [-0.39, 0.29) is 5.91 Å². The fourth-order valence-electron chi connectivity index (χ4n) is 2.68. The van der Waals surface area contributed by atoms with Gasteiger partial charge in [-0.05, 0) is 43.2 Å². The molecule has 2 aromatic carbocycles. The van der Waals surface area contributed by atoms with E-state index in [1.807, 2.05) is 43.0 Å². The van der Waals surface area contributed by atoms with Crippen LogP contribution in [0.1, 0.15) is 28.5 Å². The van der Waals surface area contributed by atoms with Crippen molar-refractivity contribution >= 4 is 29.1 Å². The second-order valence-corrected chi connectivity index (χ2v) is 6.52. The number of aromatic nitrogens is 2. The Kier molecular flexibility index (Phi) is 6.04. The summed E-state index contributed by atoms with van der Waals surface area (Å²) in [5, 5.41) is 3.48. The number of hydrogen-bond donors (Lipinski definition) is 1. The first-order chi connectivity index (χ1) is 13.1. The molecule has 1 amide bonds. The topological polar surface area (TPSA) is 58.1 Å². The van der Waals surface area contributed by atoms with Crippen molar-refractivity contribution in [3.8, 4) is 0 Å². The zero-order valence-corrected chi connectivity index (χ0v) is 16.1. The van der Waals surface area contributed by atoms with Gasteiger partial charge in [-0.1, -0.05) is 48.0 Å². The number of halogens is 1. The Morgan fingerprint density at radius 3 is 2.63 bits per heavy atom. The zero-order valence-electron chi connectivity index (χ0n) is 15.3. The van der Waals surface area contributed by atoms with Crippen LogP contribution in [-0.4, -0.2) is 22.4 Å². The Balaban J connectivity index is 1.79. The molecule has 0 saturated carbocycles. The lowest BCUT2D eigenvalue weighted by atomic mass is 10.2. The standard InChI is InChI=1S/C21H21ClN4O/c1-3-26(14-16-8-5-4-6-9-16)21-23-13-12-19(25-21)20(27)24-18-11-7-10-17(22)15(18)2/h4-13H,3,14H2,1-2H3,(H,24,27). The van der Waals surface area contributed by atoms with Gasteiger partial charge in [0.15, 0.2) is 0 Å². The number of nitrogens with one attached hydrogen (secondary N) is 1. The summed E-state index contributed by atoms with van der Waals surface area (Å²) < 4.78 is 0. The van der Waals surface area contributed by atoms with E-state index >= 15 is 0 Å². The van der Waals surface area contributed by atoms with Gasteiger partial charge in [-0.3, -0.25) is 4.79 Å². The van der Waals surface area contributed by atoms with E-state index in [4.69, 9.17) is 11.6 Å². The minimum absolute atomic E-state index is 0.292. The average Bonchev–Trinajstić information content (AvgIpc) is 2.70. The van der Waals surface area contributed by atoms with Crippen molar-refractivity contribution in [3.05, 3.63) is 82.6 Å². The normalized spacial score (nSPS) is 10.5. The number of anilines is 2. The quantitative estimate of drug-likeness (QED) is 0.672. The molecule has 3 aromatic rings. The minimum atomic E-state index is -0.292. The molecule has 0 radical (unpaired) electrons. The molecule has 0 spiro atoms. The molecule has 0 fully saturated rings. The maximum Gasteiger partial charge on any atom is 0.274 e. The van der Waals surface area contributed by atoms with Crippen molar-refractivity contribution < 1.29 is 4.79 Å². The van der Waals surface area contributed by atoms with E-state index in [0.29, 0.717) is 28.9 Å². The van der Waals surface area contributed by atoms with Gasteiger partial charge < -0.3 is 10.2 Å². The van der Waals surface area contributed by atoms with Crippen molar-refractivity contribution in [2.24, 2.45) is 0 Å². The molecule has 1 heterocycles. The van der Waals surface area contributed by atoms with Crippen LogP contribution in [0, 0.1) is 6.92 Å².